The van der Waals surface area contributed by atoms with E-state index in [1.807, 2.05) is 6.07 Å². The number of nitrogens with zero attached hydrogens (tertiary/aromatic N) is 1. The molecule has 1 rings (SSSR count). The van der Waals surface area contributed by atoms with Gasteiger partial charge in [0.2, 0.25) is 11.8 Å². The second-order valence-electron chi connectivity index (χ2n) is 4.23. The molecule has 1 atom stereocenters. The normalized spacial score (nSPS) is 11.2. The quantitative estimate of drug-likeness (QED) is 0.782. The van der Waals surface area contributed by atoms with Gasteiger partial charge in [-0.3, -0.25) is 9.59 Å². The van der Waals surface area contributed by atoms with Crippen molar-refractivity contribution in [1.29, 1.82) is 5.26 Å². The highest BCUT2D eigenvalue weighted by Crippen LogP contribution is 2.03. The van der Waals surface area contributed by atoms with Crippen molar-refractivity contribution >= 4 is 11.8 Å². The van der Waals surface area contributed by atoms with Crippen LogP contribution in [-0.4, -0.2) is 31.6 Å². The summed E-state index contributed by atoms with van der Waals surface area (Å²) < 4.78 is 4.90. The summed E-state index contributed by atoms with van der Waals surface area (Å²) in [6, 6.07) is 8.21. The molecule has 106 valence electrons. The number of nitrogens with one attached hydrogen (secondary N) is 2. The van der Waals surface area contributed by atoms with Gasteiger partial charge in [0.25, 0.3) is 0 Å². The van der Waals surface area contributed by atoms with E-state index in [1.165, 1.54) is 14.0 Å². The standard InChI is InChI=1S/C14H17N3O3/c1-10(18)17-13(9-20-2)14(19)16-8-12-5-3-11(7-15)4-6-12/h3-6,13H,8-9H2,1-2H3,(H,16,19)(H,17,18)/t13-/m1/s1. The Hall–Kier alpha value is -2.39. The van der Waals surface area contributed by atoms with Crippen LogP contribution in [0.3, 0.4) is 0 Å². The molecule has 0 unspecified atom stereocenters. The van der Waals surface area contributed by atoms with Gasteiger partial charge < -0.3 is 15.4 Å². The zero-order valence-corrected chi connectivity index (χ0v) is 11.5. The molecular weight excluding hydrogens is 258 g/mol. The fourth-order valence-corrected chi connectivity index (χ4v) is 1.60. The van der Waals surface area contributed by atoms with Crippen molar-refractivity contribution in [3.05, 3.63) is 35.4 Å². The van der Waals surface area contributed by atoms with Crippen molar-refractivity contribution in [3.63, 3.8) is 0 Å². The van der Waals surface area contributed by atoms with Crippen LogP contribution in [0.1, 0.15) is 18.1 Å². The molecule has 1 aromatic carbocycles. The van der Waals surface area contributed by atoms with Gasteiger partial charge in [0.1, 0.15) is 6.04 Å². The molecule has 0 aliphatic rings. The largest absolute Gasteiger partial charge is 0.382 e. The van der Waals surface area contributed by atoms with Gasteiger partial charge in [-0.2, -0.15) is 5.26 Å². The van der Waals surface area contributed by atoms with E-state index in [-0.39, 0.29) is 18.4 Å². The van der Waals surface area contributed by atoms with Crippen LogP contribution < -0.4 is 10.6 Å². The lowest BCUT2D eigenvalue weighted by Crippen LogP contribution is -2.48. The lowest BCUT2D eigenvalue weighted by molar-refractivity contribution is -0.129. The molecule has 2 amide bonds. The van der Waals surface area contributed by atoms with Crippen LogP contribution in [0.25, 0.3) is 0 Å². The van der Waals surface area contributed by atoms with Crippen LogP contribution in [0.15, 0.2) is 24.3 Å². The monoisotopic (exact) mass is 275 g/mol. The summed E-state index contributed by atoms with van der Waals surface area (Å²) >= 11 is 0. The van der Waals surface area contributed by atoms with Crippen molar-refractivity contribution in [2.24, 2.45) is 0 Å². The molecule has 0 aliphatic heterocycles. The summed E-state index contributed by atoms with van der Waals surface area (Å²) in [7, 11) is 1.46. The number of hydrogen-bond acceptors (Lipinski definition) is 4. The Morgan fingerprint density at radius 3 is 2.50 bits per heavy atom. The van der Waals surface area contributed by atoms with Crippen molar-refractivity contribution < 1.29 is 14.3 Å². The molecule has 6 nitrogen and oxygen atoms in total. The van der Waals surface area contributed by atoms with Gasteiger partial charge in [-0.25, -0.2) is 0 Å². The van der Waals surface area contributed by atoms with Gasteiger partial charge in [-0.05, 0) is 17.7 Å². The van der Waals surface area contributed by atoms with Gasteiger partial charge in [0.05, 0.1) is 18.2 Å². The molecule has 2 N–H and O–H groups in total. The first-order valence-corrected chi connectivity index (χ1v) is 6.09. The van der Waals surface area contributed by atoms with Crippen LogP contribution in [0, 0.1) is 11.3 Å². The number of ether oxygens (including phenoxy) is 1. The summed E-state index contributed by atoms with van der Waals surface area (Å²) in [4.78, 5) is 22.9. The first kappa shape index (κ1) is 15.7. The number of carbonyl (C=O) groups excluding carboxylic acids is 2. The number of nitriles is 1. The predicted molar refractivity (Wildman–Crippen MR) is 72.5 cm³/mol. The average molecular weight is 275 g/mol. The molecular formula is C14H17N3O3. The smallest absolute Gasteiger partial charge is 0.245 e. The summed E-state index contributed by atoms with van der Waals surface area (Å²) in [5.74, 6) is -0.605. The van der Waals surface area contributed by atoms with Gasteiger partial charge in [0.15, 0.2) is 0 Å². The second-order valence-corrected chi connectivity index (χ2v) is 4.23. The number of carbonyl (C=O) groups is 2. The molecule has 0 aromatic heterocycles. The molecule has 20 heavy (non-hydrogen) atoms. The summed E-state index contributed by atoms with van der Waals surface area (Å²) in [6.45, 7) is 1.78. The number of hydrogen-bond donors (Lipinski definition) is 2. The highest BCUT2D eigenvalue weighted by atomic mass is 16.5. The fourth-order valence-electron chi connectivity index (χ4n) is 1.60. The van der Waals surface area contributed by atoms with E-state index in [1.54, 1.807) is 24.3 Å². The first-order chi connectivity index (χ1) is 9.56. The van der Waals surface area contributed by atoms with E-state index in [9.17, 15) is 9.59 Å². The summed E-state index contributed by atoms with van der Waals surface area (Å²) in [5, 5.41) is 13.9. The molecule has 0 fully saturated rings. The van der Waals surface area contributed by atoms with E-state index < -0.39 is 6.04 Å². The van der Waals surface area contributed by atoms with Gasteiger partial charge >= 0.3 is 0 Å². The lowest BCUT2D eigenvalue weighted by atomic mass is 10.1. The van der Waals surface area contributed by atoms with Crippen LogP contribution in [0.4, 0.5) is 0 Å². The molecule has 0 aliphatic carbocycles. The molecule has 0 saturated heterocycles. The van der Waals surface area contributed by atoms with Crippen LogP contribution in [0.2, 0.25) is 0 Å². The van der Waals surface area contributed by atoms with E-state index >= 15 is 0 Å². The second kappa shape index (κ2) is 7.92. The zero-order valence-electron chi connectivity index (χ0n) is 11.5. The van der Waals surface area contributed by atoms with Crippen molar-refractivity contribution in [3.8, 4) is 6.07 Å². The Kier molecular flexibility index (Phi) is 6.20. The number of benzene rings is 1. The minimum absolute atomic E-state index is 0.110. The van der Waals surface area contributed by atoms with Gasteiger partial charge in [0, 0.05) is 20.6 Å². The van der Waals surface area contributed by atoms with E-state index in [0.717, 1.165) is 5.56 Å². The Labute approximate surface area is 117 Å². The number of methoxy groups -OCH3 is 1. The Bertz CT molecular complexity index is 505. The molecule has 0 bridgehead atoms. The Balaban J connectivity index is 2.55. The molecule has 0 spiro atoms. The zero-order chi connectivity index (χ0) is 15.0. The third-order valence-electron chi connectivity index (χ3n) is 2.58. The predicted octanol–water partition coefficient (Wildman–Crippen LogP) is 0.326. The Morgan fingerprint density at radius 2 is 2.00 bits per heavy atom. The van der Waals surface area contributed by atoms with E-state index in [0.29, 0.717) is 12.1 Å². The third-order valence-corrected chi connectivity index (χ3v) is 2.58. The van der Waals surface area contributed by atoms with Crippen molar-refractivity contribution in [2.75, 3.05) is 13.7 Å². The highest BCUT2D eigenvalue weighted by molar-refractivity contribution is 5.86. The molecule has 1 aromatic rings. The van der Waals surface area contributed by atoms with Crippen LogP contribution >= 0.6 is 0 Å². The summed E-state index contributed by atoms with van der Waals surface area (Å²) in [5.41, 5.74) is 1.44. The molecule has 0 radical (unpaired) electrons. The SMILES string of the molecule is COC[C@@H](NC(C)=O)C(=O)NCc1ccc(C#N)cc1. The maximum Gasteiger partial charge on any atom is 0.245 e. The van der Waals surface area contributed by atoms with Crippen molar-refractivity contribution in [1.82, 2.24) is 10.6 Å². The first-order valence-electron chi connectivity index (χ1n) is 6.09. The molecule has 0 saturated carbocycles. The maximum atomic E-state index is 11.9. The fraction of sp³-hybridized carbons (Fsp3) is 0.357. The number of amides is 2. The van der Waals surface area contributed by atoms with Gasteiger partial charge in [-0.1, -0.05) is 12.1 Å². The average Bonchev–Trinajstić information content (AvgIpc) is 2.44. The topological polar surface area (TPSA) is 91.2 Å². The highest BCUT2D eigenvalue weighted by Gasteiger charge is 2.18. The van der Waals surface area contributed by atoms with E-state index in [4.69, 9.17) is 10.00 Å². The maximum absolute atomic E-state index is 11.9. The number of rotatable bonds is 6. The third kappa shape index (κ3) is 5.08. The molecule has 0 heterocycles. The van der Waals surface area contributed by atoms with Crippen LogP contribution in [-0.2, 0) is 20.9 Å². The lowest BCUT2D eigenvalue weighted by Gasteiger charge is -2.16. The minimum atomic E-state index is -0.712. The van der Waals surface area contributed by atoms with Crippen molar-refractivity contribution in [2.45, 2.75) is 19.5 Å². The summed E-state index contributed by atoms with van der Waals surface area (Å²) in [6.07, 6.45) is 0. The Morgan fingerprint density at radius 1 is 1.35 bits per heavy atom. The van der Waals surface area contributed by atoms with E-state index in [2.05, 4.69) is 10.6 Å². The minimum Gasteiger partial charge on any atom is -0.382 e. The van der Waals surface area contributed by atoms with Crippen LogP contribution in [0.5, 0.6) is 0 Å². The van der Waals surface area contributed by atoms with Gasteiger partial charge in [-0.15, -0.1) is 0 Å². The molecule has 6 heteroatoms.